The van der Waals surface area contributed by atoms with Crippen molar-refractivity contribution in [2.24, 2.45) is 0 Å². The SMILES string of the molecule is Cc1cccc(CNCS)c1. The molecular weight excluding hydrogens is 154 g/mol. The maximum absolute atomic E-state index is 4.07. The molecule has 0 unspecified atom stereocenters. The van der Waals surface area contributed by atoms with E-state index in [1.54, 1.807) is 0 Å². The van der Waals surface area contributed by atoms with E-state index >= 15 is 0 Å². The summed E-state index contributed by atoms with van der Waals surface area (Å²) < 4.78 is 0. The minimum absolute atomic E-state index is 0.730. The quantitative estimate of drug-likeness (QED) is 0.518. The molecule has 0 saturated carbocycles. The highest BCUT2D eigenvalue weighted by Gasteiger charge is 1.89. The van der Waals surface area contributed by atoms with Crippen molar-refractivity contribution in [3.63, 3.8) is 0 Å². The van der Waals surface area contributed by atoms with Crippen LogP contribution in [-0.4, -0.2) is 5.88 Å². The van der Waals surface area contributed by atoms with E-state index in [0.717, 1.165) is 12.4 Å². The molecule has 0 aliphatic heterocycles. The summed E-state index contributed by atoms with van der Waals surface area (Å²) in [6.45, 7) is 3.01. The fourth-order valence-corrected chi connectivity index (χ4v) is 1.13. The van der Waals surface area contributed by atoms with Crippen LogP contribution in [0, 0.1) is 6.92 Å². The van der Waals surface area contributed by atoms with Gasteiger partial charge in [0.1, 0.15) is 0 Å². The Morgan fingerprint density at radius 3 is 2.91 bits per heavy atom. The summed E-state index contributed by atoms with van der Waals surface area (Å²) in [7, 11) is 0. The van der Waals surface area contributed by atoms with E-state index in [1.807, 2.05) is 0 Å². The van der Waals surface area contributed by atoms with Crippen molar-refractivity contribution >= 4 is 12.6 Å². The lowest BCUT2D eigenvalue weighted by Gasteiger charge is -2.01. The van der Waals surface area contributed by atoms with Gasteiger partial charge in [-0.15, -0.1) is 0 Å². The Balaban J connectivity index is 2.56. The summed E-state index contributed by atoms with van der Waals surface area (Å²) in [5.41, 5.74) is 2.63. The Morgan fingerprint density at radius 1 is 1.45 bits per heavy atom. The van der Waals surface area contributed by atoms with Crippen LogP contribution in [0.4, 0.5) is 0 Å². The van der Waals surface area contributed by atoms with Crippen LogP contribution in [0.25, 0.3) is 0 Å². The summed E-state index contributed by atoms with van der Waals surface area (Å²) in [4.78, 5) is 0. The third-order valence-electron chi connectivity index (χ3n) is 1.52. The van der Waals surface area contributed by atoms with Gasteiger partial charge in [0.2, 0.25) is 0 Å². The van der Waals surface area contributed by atoms with Crippen LogP contribution in [-0.2, 0) is 6.54 Å². The molecule has 0 fully saturated rings. The van der Waals surface area contributed by atoms with E-state index in [1.165, 1.54) is 11.1 Å². The van der Waals surface area contributed by atoms with Crippen LogP contribution in [0.1, 0.15) is 11.1 Å². The van der Waals surface area contributed by atoms with E-state index in [-0.39, 0.29) is 0 Å². The molecule has 60 valence electrons. The van der Waals surface area contributed by atoms with E-state index in [2.05, 4.69) is 49.1 Å². The van der Waals surface area contributed by atoms with Gasteiger partial charge in [-0.05, 0) is 12.5 Å². The lowest BCUT2D eigenvalue weighted by atomic mass is 10.1. The van der Waals surface area contributed by atoms with Gasteiger partial charge in [-0.2, -0.15) is 12.6 Å². The first-order valence-corrected chi connectivity index (χ1v) is 4.33. The smallest absolute Gasteiger partial charge is 0.0390 e. The molecule has 0 spiro atoms. The fourth-order valence-electron chi connectivity index (χ4n) is 1.02. The number of rotatable bonds is 3. The Morgan fingerprint density at radius 2 is 2.27 bits per heavy atom. The minimum Gasteiger partial charge on any atom is -0.304 e. The summed E-state index contributed by atoms with van der Waals surface area (Å²) in [6.07, 6.45) is 0. The maximum atomic E-state index is 4.07. The van der Waals surface area contributed by atoms with Crippen molar-refractivity contribution in [2.75, 3.05) is 5.88 Å². The van der Waals surface area contributed by atoms with Gasteiger partial charge in [-0.3, -0.25) is 0 Å². The number of nitrogens with one attached hydrogen (secondary N) is 1. The maximum Gasteiger partial charge on any atom is 0.0390 e. The summed E-state index contributed by atoms with van der Waals surface area (Å²) in [6, 6.07) is 8.47. The standard InChI is InChI=1S/C9H13NS/c1-8-3-2-4-9(5-8)6-10-7-11/h2-5,10-11H,6-7H2,1H3. The highest BCUT2D eigenvalue weighted by atomic mass is 32.1. The molecule has 2 heteroatoms. The van der Waals surface area contributed by atoms with Gasteiger partial charge < -0.3 is 5.32 Å². The number of benzene rings is 1. The van der Waals surface area contributed by atoms with E-state index in [0.29, 0.717) is 0 Å². The van der Waals surface area contributed by atoms with Crippen molar-refractivity contribution in [2.45, 2.75) is 13.5 Å². The van der Waals surface area contributed by atoms with Gasteiger partial charge >= 0.3 is 0 Å². The number of thiol groups is 1. The van der Waals surface area contributed by atoms with Gasteiger partial charge in [-0.1, -0.05) is 29.8 Å². The molecule has 0 heterocycles. The van der Waals surface area contributed by atoms with Gasteiger partial charge in [0.05, 0.1) is 0 Å². The van der Waals surface area contributed by atoms with E-state index < -0.39 is 0 Å². The lowest BCUT2D eigenvalue weighted by molar-refractivity contribution is 0.798. The molecule has 1 aromatic rings. The summed E-state index contributed by atoms with van der Waals surface area (Å²) >= 11 is 4.07. The number of hydrogen-bond donors (Lipinski definition) is 2. The minimum atomic E-state index is 0.730. The van der Waals surface area contributed by atoms with Crippen molar-refractivity contribution in [1.82, 2.24) is 5.32 Å². The zero-order valence-corrected chi connectivity index (χ0v) is 7.57. The molecular formula is C9H13NS. The zero-order chi connectivity index (χ0) is 8.10. The van der Waals surface area contributed by atoms with Crippen molar-refractivity contribution < 1.29 is 0 Å². The monoisotopic (exact) mass is 167 g/mol. The van der Waals surface area contributed by atoms with Crippen molar-refractivity contribution in [3.05, 3.63) is 35.4 Å². The molecule has 0 amide bonds. The highest BCUT2D eigenvalue weighted by Crippen LogP contribution is 2.02. The van der Waals surface area contributed by atoms with Crippen LogP contribution >= 0.6 is 12.6 Å². The number of hydrogen-bond acceptors (Lipinski definition) is 2. The molecule has 1 aromatic carbocycles. The normalized spacial score (nSPS) is 10.0. The molecule has 1 N–H and O–H groups in total. The first-order chi connectivity index (χ1) is 5.33. The second-order valence-electron chi connectivity index (χ2n) is 2.57. The number of aryl methyl sites for hydroxylation is 1. The van der Waals surface area contributed by atoms with Crippen molar-refractivity contribution in [1.29, 1.82) is 0 Å². The van der Waals surface area contributed by atoms with Crippen LogP contribution in [0.2, 0.25) is 0 Å². The molecule has 0 aromatic heterocycles. The summed E-state index contributed by atoms with van der Waals surface area (Å²) in [5, 5.41) is 3.16. The topological polar surface area (TPSA) is 12.0 Å². The molecule has 0 saturated heterocycles. The molecule has 11 heavy (non-hydrogen) atoms. The van der Waals surface area contributed by atoms with E-state index in [4.69, 9.17) is 0 Å². The molecule has 1 rings (SSSR count). The Kier molecular flexibility index (Phi) is 3.46. The van der Waals surface area contributed by atoms with Crippen LogP contribution < -0.4 is 5.32 Å². The van der Waals surface area contributed by atoms with Gasteiger partial charge in [0.15, 0.2) is 0 Å². The molecule has 0 radical (unpaired) electrons. The molecule has 0 aliphatic rings. The third kappa shape index (κ3) is 2.95. The van der Waals surface area contributed by atoms with Crippen LogP contribution in [0.15, 0.2) is 24.3 Å². The third-order valence-corrected chi connectivity index (χ3v) is 1.75. The average molecular weight is 167 g/mol. The molecule has 0 aliphatic carbocycles. The van der Waals surface area contributed by atoms with Crippen molar-refractivity contribution in [3.8, 4) is 0 Å². The van der Waals surface area contributed by atoms with Gasteiger partial charge in [0, 0.05) is 12.4 Å². The second-order valence-corrected chi connectivity index (χ2v) is 2.89. The second kappa shape index (κ2) is 4.42. The van der Waals surface area contributed by atoms with Crippen LogP contribution in [0.5, 0.6) is 0 Å². The van der Waals surface area contributed by atoms with E-state index in [9.17, 15) is 0 Å². The first kappa shape index (κ1) is 8.62. The Bertz CT molecular complexity index is 223. The van der Waals surface area contributed by atoms with Gasteiger partial charge in [0.25, 0.3) is 0 Å². The Hall–Kier alpha value is -0.470. The molecule has 0 bridgehead atoms. The Labute approximate surface area is 73.2 Å². The highest BCUT2D eigenvalue weighted by molar-refractivity contribution is 7.80. The molecule has 0 atom stereocenters. The zero-order valence-electron chi connectivity index (χ0n) is 6.67. The van der Waals surface area contributed by atoms with Crippen LogP contribution in [0.3, 0.4) is 0 Å². The summed E-state index contributed by atoms with van der Waals surface area (Å²) in [5.74, 6) is 0.730. The average Bonchev–Trinajstić information content (AvgIpc) is 2.01. The van der Waals surface area contributed by atoms with Gasteiger partial charge in [-0.25, -0.2) is 0 Å². The molecule has 1 nitrogen and oxygen atoms in total. The predicted octanol–water partition coefficient (Wildman–Crippen LogP) is 1.97. The first-order valence-electron chi connectivity index (χ1n) is 3.70. The largest absolute Gasteiger partial charge is 0.304 e. The fraction of sp³-hybridized carbons (Fsp3) is 0.333. The lowest BCUT2D eigenvalue weighted by Crippen LogP contribution is -2.09. The predicted molar refractivity (Wildman–Crippen MR) is 51.9 cm³/mol.